The van der Waals surface area contributed by atoms with Crippen LogP contribution in [0, 0.1) is 34.1 Å². The molecule has 0 saturated carbocycles. The van der Waals surface area contributed by atoms with E-state index in [1.807, 2.05) is 36.4 Å². The maximum absolute atomic E-state index is 8.66. The summed E-state index contributed by atoms with van der Waals surface area (Å²) in [6, 6.07) is 11.2. The molecule has 0 radical (unpaired) electrons. The molecule has 0 aliphatic carbocycles. The lowest BCUT2D eigenvalue weighted by atomic mass is 10.1. The quantitative estimate of drug-likeness (QED) is 0.436. The number of allylic oxidation sites excluding steroid dienone is 1. The first-order valence-electron chi connectivity index (χ1n) is 5.60. The highest BCUT2D eigenvalue weighted by molar-refractivity contribution is 6.83. The van der Waals surface area contributed by atoms with Crippen molar-refractivity contribution in [3.8, 4) is 23.6 Å². The smallest absolute Gasteiger partial charge is 0.130 e. The fraction of sp³-hybridized carbons (Fsp3) is 0.200. The van der Waals surface area contributed by atoms with Gasteiger partial charge in [0.1, 0.15) is 25.8 Å². The third-order valence-electron chi connectivity index (χ3n) is 2.04. The molecule has 0 aliphatic rings. The average Bonchev–Trinajstić information content (AvgIpc) is 2.34. The molecule has 1 aromatic rings. The number of hydrogen-bond donors (Lipinski definition) is 0. The zero-order valence-electron chi connectivity index (χ0n) is 10.8. The molecule has 0 heterocycles. The topological polar surface area (TPSA) is 47.6 Å². The minimum absolute atomic E-state index is 0.107. The van der Waals surface area contributed by atoms with Crippen molar-refractivity contribution in [2.24, 2.45) is 0 Å². The van der Waals surface area contributed by atoms with Crippen LogP contribution in [0.4, 0.5) is 0 Å². The molecule has 0 aliphatic heterocycles. The minimum atomic E-state index is -1.35. The van der Waals surface area contributed by atoms with Gasteiger partial charge in [-0.2, -0.15) is 10.5 Å². The average molecular weight is 250 g/mol. The number of benzene rings is 1. The van der Waals surface area contributed by atoms with Gasteiger partial charge in [-0.15, -0.1) is 5.54 Å². The van der Waals surface area contributed by atoms with Crippen molar-refractivity contribution in [3.05, 3.63) is 41.0 Å². The molecule has 3 heteroatoms. The van der Waals surface area contributed by atoms with Crippen LogP contribution in [0.25, 0.3) is 6.08 Å². The van der Waals surface area contributed by atoms with E-state index in [2.05, 4.69) is 31.1 Å². The van der Waals surface area contributed by atoms with Crippen LogP contribution in [0.1, 0.15) is 11.1 Å². The van der Waals surface area contributed by atoms with E-state index in [9.17, 15) is 0 Å². The zero-order chi connectivity index (χ0) is 13.6. The van der Waals surface area contributed by atoms with Crippen molar-refractivity contribution in [3.63, 3.8) is 0 Å². The summed E-state index contributed by atoms with van der Waals surface area (Å²) in [5, 5.41) is 17.3. The molecular formula is C15H14N2Si. The first-order valence-corrected chi connectivity index (χ1v) is 9.10. The summed E-state index contributed by atoms with van der Waals surface area (Å²) in [5.74, 6) is 3.15. The van der Waals surface area contributed by atoms with Crippen LogP contribution >= 0.6 is 0 Å². The van der Waals surface area contributed by atoms with Crippen LogP contribution < -0.4 is 0 Å². The first kappa shape index (κ1) is 13.8. The molecule has 2 nitrogen and oxygen atoms in total. The van der Waals surface area contributed by atoms with Crippen LogP contribution in [0.3, 0.4) is 0 Å². The van der Waals surface area contributed by atoms with Crippen LogP contribution in [-0.4, -0.2) is 8.07 Å². The Kier molecular flexibility index (Phi) is 4.49. The molecule has 0 atom stereocenters. The maximum atomic E-state index is 8.66. The normalized spacial score (nSPS) is 9.39. The van der Waals surface area contributed by atoms with Gasteiger partial charge >= 0.3 is 0 Å². The molecule has 0 unspecified atom stereocenters. The highest BCUT2D eigenvalue weighted by atomic mass is 28.3. The van der Waals surface area contributed by atoms with Gasteiger partial charge < -0.3 is 0 Å². The number of nitrogens with zero attached hydrogens (tertiary/aromatic N) is 2. The number of rotatable bonds is 1. The molecule has 0 spiro atoms. The van der Waals surface area contributed by atoms with E-state index < -0.39 is 8.07 Å². The second-order valence-corrected chi connectivity index (χ2v) is 9.65. The van der Waals surface area contributed by atoms with Gasteiger partial charge in [-0.05, 0) is 23.8 Å². The number of hydrogen-bond acceptors (Lipinski definition) is 2. The van der Waals surface area contributed by atoms with E-state index in [1.54, 1.807) is 6.08 Å². The lowest BCUT2D eigenvalue weighted by molar-refractivity contribution is 1.47. The Morgan fingerprint density at radius 1 is 1.06 bits per heavy atom. The van der Waals surface area contributed by atoms with Crippen LogP contribution in [0.2, 0.25) is 19.6 Å². The molecule has 0 aromatic heterocycles. The van der Waals surface area contributed by atoms with Gasteiger partial charge in [0.05, 0.1) is 0 Å². The minimum Gasteiger partial charge on any atom is -0.192 e. The van der Waals surface area contributed by atoms with Gasteiger partial charge in [0, 0.05) is 5.56 Å². The fourth-order valence-corrected chi connectivity index (χ4v) is 1.70. The Morgan fingerprint density at radius 3 is 2.06 bits per heavy atom. The molecule has 0 fully saturated rings. The Bertz CT molecular complexity index is 578. The Morgan fingerprint density at radius 2 is 1.61 bits per heavy atom. The van der Waals surface area contributed by atoms with Crippen LogP contribution in [-0.2, 0) is 0 Å². The second kappa shape index (κ2) is 5.87. The van der Waals surface area contributed by atoms with Crippen molar-refractivity contribution in [2.75, 3.05) is 0 Å². The van der Waals surface area contributed by atoms with Crippen molar-refractivity contribution < 1.29 is 0 Å². The summed E-state index contributed by atoms with van der Waals surface area (Å²) in [5.41, 5.74) is 5.20. The molecule has 0 N–H and O–H groups in total. The van der Waals surface area contributed by atoms with E-state index >= 15 is 0 Å². The van der Waals surface area contributed by atoms with E-state index in [4.69, 9.17) is 10.5 Å². The van der Waals surface area contributed by atoms with Crippen LogP contribution in [0.15, 0.2) is 29.8 Å². The monoisotopic (exact) mass is 250 g/mol. The van der Waals surface area contributed by atoms with Gasteiger partial charge in [0.15, 0.2) is 0 Å². The first-order chi connectivity index (χ1) is 8.44. The van der Waals surface area contributed by atoms with E-state index in [-0.39, 0.29) is 5.57 Å². The molecule has 0 bridgehead atoms. The summed E-state index contributed by atoms with van der Waals surface area (Å²) >= 11 is 0. The Labute approximate surface area is 109 Å². The van der Waals surface area contributed by atoms with Gasteiger partial charge in [0.2, 0.25) is 0 Å². The highest BCUT2D eigenvalue weighted by Gasteiger charge is 2.07. The van der Waals surface area contributed by atoms with E-state index in [0.717, 1.165) is 11.1 Å². The summed E-state index contributed by atoms with van der Waals surface area (Å²) in [4.78, 5) is 0. The third-order valence-corrected chi connectivity index (χ3v) is 2.92. The molecule has 1 rings (SSSR count). The zero-order valence-corrected chi connectivity index (χ0v) is 11.8. The largest absolute Gasteiger partial charge is 0.192 e. The Hall–Kier alpha value is -2.28. The standard InChI is InChI=1S/C15H14N2Si/c1-18(2,3)9-8-13-4-6-14(7-5-13)10-15(11-16)12-17/h4-7,10H,1-3H3. The molecule has 18 heavy (non-hydrogen) atoms. The van der Waals surface area contributed by atoms with Gasteiger partial charge in [-0.1, -0.05) is 37.7 Å². The molecular weight excluding hydrogens is 236 g/mol. The molecule has 0 saturated heterocycles. The van der Waals surface area contributed by atoms with Gasteiger partial charge in [-0.25, -0.2) is 0 Å². The molecule has 0 amide bonds. The third kappa shape index (κ3) is 4.70. The SMILES string of the molecule is C[Si](C)(C)C#Cc1ccc(C=C(C#N)C#N)cc1. The lowest BCUT2D eigenvalue weighted by Gasteiger charge is -2.03. The molecule has 1 aromatic carbocycles. The maximum Gasteiger partial charge on any atom is 0.130 e. The van der Waals surface area contributed by atoms with Crippen molar-refractivity contribution in [2.45, 2.75) is 19.6 Å². The molecule has 88 valence electrons. The van der Waals surface area contributed by atoms with Crippen LogP contribution in [0.5, 0.6) is 0 Å². The van der Waals surface area contributed by atoms with Gasteiger partial charge in [-0.3, -0.25) is 0 Å². The summed E-state index contributed by atoms with van der Waals surface area (Å²) in [6.45, 7) is 6.59. The van der Waals surface area contributed by atoms with Gasteiger partial charge in [0.25, 0.3) is 0 Å². The second-order valence-electron chi connectivity index (χ2n) is 4.90. The summed E-state index contributed by atoms with van der Waals surface area (Å²) in [6.07, 6.45) is 1.57. The Balaban J connectivity index is 2.95. The predicted octanol–water partition coefficient (Wildman–Crippen LogP) is 3.35. The highest BCUT2D eigenvalue weighted by Crippen LogP contribution is 2.08. The van der Waals surface area contributed by atoms with Crippen molar-refractivity contribution in [1.82, 2.24) is 0 Å². The fourth-order valence-electron chi connectivity index (χ4n) is 1.18. The van der Waals surface area contributed by atoms with E-state index in [1.165, 1.54) is 0 Å². The van der Waals surface area contributed by atoms with Crippen molar-refractivity contribution in [1.29, 1.82) is 10.5 Å². The summed E-state index contributed by atoms with van der Waals surface area (Å²) in [7, 11) is -1.35. The summed E-state index contributed by atoms with van der Waals surface area (Å²) < 4.78 is 0. The number of nitriles is 2. The van der Waals surface area contributed by atoms with Crippen molar-refractivity contribution >= 4 is 14.1 Å². The lowest BCUT2D eigenvalue weighted by Crippen LogP contribution is -2.16. The van der Waals surface area contributed by atoms with E-state index in [0.29, 0.717) is 0 Å². The predicted molar refractivity (Wildman–Crippen MR) is 75.9 cm³/mol.